The van der Waals surface area contributed by atoms with E-state index in [2.05, 4.69) is 15.2 Å². The first-order valence-electron chi connectivity index (χ1n) is 7.17. The van der Waals surface area contributed by atoms with Crippen molar-refractivity contribution in [2.45, 2.75) is 18.9 Å². The van der Waals surface area contributed by atoms with Crippen molar-refractivity contribution in [3.63, 3.8) is 0 Å². The van der Waals surface area contributed by atoms with Crippen molar-refractivity contribution >= 4 is 39.9 Å². The topological polar surface area (TPSA) is 45.2 Å². The van der Waals surface area contributed by atoms with Gasteiger partial charge in [0.1, 0.15) is 0 Å². The third-order valence-corrected chi connectivity index (χ3v) is 5.45. The van der Waals surface area contributed by atoms with Gasteiger partial charge >= 0.3 is 0 Å². The summed E-state index contributed by atoms with van der Waals surface area (Å²) < 4.78 is 0.992. The number of halogens is 1. The van der Waals surface area contributed by atoms with E-state index in [0.717, 1.165) is 22.3 Å². The molecule has 3 aliphatic heterocycles. The second-order valence-electron chi connectivity index (χ2n) is 5.72. The Labute approximate surface area is 134 Å². The van der Waals surface area contributed by atoms with Crippen molar-refractivity contribution in [2.75, 3.05) is 19.6 Å². The van der Waals surface area contributed by atoms with Gasteiger partial charge in [-0.2, -0.15) is 0 Å². The van der Waals surface area contributed by atoms with E-state index in [1.165, 1.54) is 37.3 Å². The van der Waals surface area contributed by atoms with Crippen LogP contribution < -0.4 is 5.32 Å². The van der Waals surface area contributed by atoms with Gasteiger partial charge in [0.2, 0.25) is 0 Å². The molecule has 4 heterocycles. The molecule has 2 aromatic rings. The monoisotopic (exact) mass is 323 g/mol. The minimum Gasteiger partial charge on any atom is -0.348 e. The van der Waals surface area contributed by atoms with Gasteiger partial charge in [-0.05, 0) is 44.0 Å². The lowest BCUT2D eigenvalue weighted by Crippen LogP contribution is -2.57. The van der Waals surface area contributed by atoms with E-state index in [1.807, 2.05) is 18.2 Å². The van der Waals surface area contributed by atoms with Gasteiger partial charge in [0.25, 0.3) is 5.91 Å². The molecule has 1 amide bonds. The summed E-state index contributed by atoms with van der Waals surface area (Å²) in [4.78, 5) is 19.3. The Bertz CT molecular complexity index is 651. The summed E-state index contributed by atoms with van der Waals surface area (Å²) in [7, 11) is 0. The highest BCUT2D eigenvalue weighted by Gasteiger charge is 2.35. The SMILES string of the molecule is Cl.O=C(NC1CN2CCC1CC2)c1cccc2ncsc12. The molecule has 1 aromatic carbocycles. The van der Waals surface area contributed by atoms with Crippen molar-refractivity contribution in [2.24, 2.45) is 5.92 Å². The maximum atomic E-state index is 12.6. The van der Waals surface area contributed by atoms with Gasteiger partial charge in [0.15, 0.2) is 0 Å². The van der Waals surface area contributed by atoms with E-state index in [4.69, 9.17) is 0 Å². The van der Waals surface area contributed by atoms with Crippen molar-refractivity contribution in [3.05, 3.63) is 29.3 Å². The van der Waals surface area contributed by atoms with E-state index in [0.29, 0.717) is 12.0 Å². The van der Waals surface area contributed by atoms with Gasteiger partial charge < -0.3 is 10.2 Å². The predicted octanol–water partition coefficient (Wildman–Crippen LogP) is 2.54. The Kier molecular flexibility index (Phi) is 4.15. The van der Waals surface area contributed by atoms with Gasteiger partial charge in [0.05, 0.1) is 21.3 Å². The minimum atomic E-state index is 0. The largest absolute Gasteiger partial charge is 0.348 e. The Morgan fingerprint density at radius 2 is 2.14 bits per heavy atom. The van der Waals surface area contributed by atoms with Crippen molar-refractivity contribution in [1.82, 2.24) is 15.2 Å². The third kappa shape index (κ3) is 2.65. The number of amides is 1. The summed E-state index contributed by atoms with van der Waals surface area (Å²) in [5, 5.41) is 3.25. The lowest BCUT2D eigenvalue weighted by atomic mass is 9.84. The molecule has 21 heavy (non-hydrogen) atoms. The lowest BCUT2D eigenvalue weighted by Gasteiger charge is -2.44. The molecule has 3 aliphatic rings. The number of nitrogens with one attached hydrogen (secondary N) is 1. The molecule has 3 saturated heterocycles. The summed E-state index contributed by atoms with van der Waals surface area (Å²) >= 11 is 1.54. The quantitative estimate of drug-likeness (QED) is 0.923. The van der Waals surface area contributed by atoms with Crippen LogP contribution in [0.15, 0.2) is 23.7 Å². The summed E-state index contributed by atoms with van der Waals surface area (Å²) in [6.45, 7) is 3.40. The standard InChI is InChI=1S/C15H17N3OS.ClH/c19-15(11-2-1-3-12-14(11)20-9-16-12)17-13-8-18-6-4-10(13)5-7-18;/h1-3,9-10,13H,4-8H2,(H,17,19);1H. The number of hydrogen-bond donors (Lipinski definition) is 1. The smallest absolute Gasteiger partial charge is 0.253 e. The first kappa shape index (κ1) is 14.8. The number of carbonyl (C=O) groups is 1. The molecular formula is C15H18ClN3OS. The fourth-order valence-corrected chi connectivity index (χ4v) is 4.24. The Hall–Kier alpha value is -1.17. The van der Waals surface area contributed by atoms with Crippen molar-refractivity contribution < 1.29 is 4.79 Å². The molecule has 0 spiro atoms. The zero-order valence-electron chi connectivity index (χ0n) is 11.6. The highest BCUT2D eigenvalue weighted by Crippen LogP contribution is 2.28. The van der Waals surface area contributed by atoms with Crippen LogP contribution in [0.2, 0.25) is 0 Å². The molecule has 0 saturated carbocycles. The first-order valence-corrected chi connectivity index (χ1v) is 8.04. The fourth-order valence-electron chi connectivity index (χ4n) is 3.44. The van der Waals surface area contributed by atoms with Gasteiger partial charge in [0, 0.05) is 12.6 Å². The van der Waals surface area contributed by atoms with Gasteiger partial charge in [-0.15, -0.1) is 23.7 Å². The van der Waals surface area contributed by atoms with E-state index in [9.17, 15) is 4.79 Å². The van der Waals surface area contributed by atoms with E-state index in [1.54, 1.807) is 5.51 Å². The predicted molar refractivity (Wildman–Crippen MR) is 87.3 cm³/mol. The maximum Gasteiger partial charge on any atom is 0.253 e. The molecule has 0 aliphatic carbocycles. The molecule has 2 bridgehead atoms. The second kappa shape index (κ2) is 5.91. The minimum absolute atomic E-state index is 0. The van der Waals surface area contributed by atoms with E-state index < -0.39 is 0 Å². The van der Waals surface area contributed by atoms with Gasteiger partial charge in [-0.3, -0.25) is 4.79 Å². The van der Waals surface area contributed by atoms with Crippen LogP contribution in [-0.2, 0) is 0 Å². The van der Waals surface area contributed by atoms with Crippen LogP contribution >= 0.6 is 23.7 Å². The summed E-state index contributed by atoms with van der Waals surface area (Å²) in [6, 6.07) is 6.08. The van der Waals surface area contributed by atoms with Gasteiger partial charge in [-0.25, -0.2) is 4.98 Å². The number of hydrogen-bond acceptors (Lipinski definition) is 4. The number of benzene rings is 1. The number of piperidine rings is 3. The maximum absolute atomic E-state index is 12.6. The summed E-state index contributed by atoms with van der Waals surface area (Å²) in [5.74, 6) is 0.711. The number of nitrogens with zero attached hydrogens (tertiary/aromatic N) is 2. The number of thiazole rings is 1. The fraction of sp³-hybridized carbons (Fsp3) is 0.467. The molecule has 6 heteroatoms. The summed E-state index contributed by atoms with van der Waals surface area (Å²) in [5.41, 5.74) is 3.48. The highest BCUT2D eigenvalue weighted by atomic mass is 35.5. The van der Waals surface area contributed by atoms with Crippen LogP contribution in [0, 0.1) is 5.92 Å². The lowest BCUT2D eigenvalue weighted by molar-refractivity contribution is 0.0621. The molecule has 4 nitrogen and oxygen atoms in total. The highest BCUT2D eigenvalue weighted by molar-refractivity contribution is 7.17. The molecule has 5 rings (SSSR count). The number of rotatable bonds is 2. The first-order chi connectivity index (χ1) is 9.81. The number of aromatic nitrogens is 1. The Morgan fingerprint density at radius 1 is 1.33 bits per heavy atom. The zero-order chi connectivity index (χ0) is 13.5. The van der Waals surface area contributed by atoms with Gasteiger partial charge in [-0.1, -0.05) is 6.07 Å². The van der Waals surface area contributed by atoms with Crippen LogP contribution in [0.4, 0.5) is 0 Å². The molecule has 1 aromatic heterocycles. The summed E-state index contributed by atoms with van der Waals surface area (Å²) in [6.07, 6.45) is 2.44. The molecule has 112 valence electrons. The molecular weight excluding hydrogens is 306 g/mol. The van der Waals surface area contributed by atoms with Crippen LogP contribution in [-0.4, -0.2) is 41.5 Å². The van der Waals surface area contributed by atoms with Crippen LogP contribution in [0.5, 0.6) is 0 Å². The van der Waals surface area contributed by atoms with Crippen LogP contribution in [0.1, 0.15) is 23.2 Å². The second-order valence-corrected chi connectivity index (χ2v) is 6.58. The molecule has 0 radical (unpaired) electrons. The van der Waals surface area contributed by atoms with E-state index in [-0.39, 0.29) is 18.3 Å². The van der Waals surface area contributed by atoms with Crippen LogP contribution in [0.3, 0.4) is 0 Å². The van der Waals surface area contributed by atoms with E-state index >= 15 is 0 Å². The zero-order valence-corrected chi connectivity index (χ0v) is 13.3. The van der Waals surface area contributed by atoms with Crippen molar-refractivity contribution in [1.29, 1.82) is 0 Å². The third-order valence-electron chi connectivity index (χ3n) is 4.57. The Morgan fingerprint density at radius 3 is 2.86 bits per heavy atom. The molecule has 3 fully saturated rings. The van der Waals surface area contributed by atoms with Crippen LogP contribution in [0.25, 0.3) is 10.2 Å². The normalized spacial score (nSPS) is 27.3. The number of fused-ring (bicyclic) bond motifs is 4. The molecule has 1 N–H and O–H groups in total. The molecule has 1 unspecified atom stereocenters. The number of carbonyl (C=O) groups excluding carboxylic acids is 1. The average Bonchev–Trinajstić information content (AvgIpc) is 2.96. The Balaban J connectivity index is 0.00000132. The molecule has 1 atom stereocenters. The average molecular weight is 324 g/mol. The van der Waals surface area contributed by atoms with Crippen molar-refractivity contribution in [3.8, 4) is 0 Å².